The molecular weight excluding hydrogens is 556 g/mol. The first-order valence-corrected chi connectivity index (χ1v) is 14.0. The largest absolute Gasteiger partial charge is 0.497 e. The lowest BCUT2D eigenvalue weighted by Gasteiger charge is -2.30. The van der Waals surface area contributed by atoms with Crippen molar-refractivity contribution in [2.75, 3.05) is 31.1 Å². The third-order valence-electron chi connectivity index (χ3n) is 7.17. The summed E-state index contributed by atoms with van der Waals surface area (Å²) in [5, 5.41) is 26.5. The molecule has 4 heterocycles. The van der Waals surface area contributed by atoms with Crippen molar-refractivity contribution in [3.63, 3.8) is 0 Å². The Labute approximate surface area is 233 Å². The minimum Gasteiger partial charge on any atom is -0.497 e. The summed E-state index contributed by atoms with van der Waals surface area (Å²) in [7, 11) is -3.12. The van der Waals surface area contributed by atoms with Gasteiger partial charge in [0.25, 0.3) is 21.6 Å². The van der Waals surface area contributed by atoms with Crippen LogP contribution in [0.1, 0.15) is 6.42 Å². The van der Waals surface area contributed by atoms with Crippen LogP contribution in [0, 0.1) is 10.1 Å². The highest BCUT2D eigenvalue weighted by atomic mass is 32.2. The molecule has 0 radical (unpaired) electrons. The van der Waals surface area contributed by atoms with Crippen molar-refractivity contribution < 1.29 is 32.7 Å². The molecule has 0 saturated carbocycles. The number of rotatable bonds is 4. The highest BCUT2D eigenvalue weighted by Gasteiger charge is 2.40. The van der Waals surface area contributed by atoms with Crippen molar-refractivity contribution >= 4 is 33.0 Å². The Kier molecular flexibility index (Phi) is 6.46. The number of fused-ring (bicyclic) bond motifs is 5. The standard InChI is InChI=1S/C26H24N6O8S/c1-39-19-11-16-10-17(12-19)31(41(37,38)23-5-3-2-4-21(23)32(35)36)9-8-29-18(13-22(33)26(29)34)15-40-24-6-7-30-25(28-24)20(16)14-27-30/h2-7,10-12,14,18,22,33H,8-9,13,15H2,1H3/t18-,22+/m0/s1. The van der Waals surface area contributed by atoms with Crippen LogP contribution in [0.25, 0.3) is 16.8 Å². The van der Waals surface area contributed by atoms with E-state index in [1.807, 2.05) is 0 Å². The number of nitro benzene ring substituents is 1. The van der Waals surface area contributed by atoms with E-state index in [1.54, 1.807) is 30.6 Å². The molecule has 0 spiro atoms. The van der Waals surface area contributed by atoms with E-state index >= 15 is 0 Å². The number of nitro groups is 1. The van der Waals surface area contributed by atoms with Crippen molar-refractivity contribution in [1.29, 1.82) is 0 Å². The van der Waals surface area contributed by atoms with Crippen LogP contribution in [-0.4, -0.2) is 82.8 Å². The first-order chi connectivity index (χ1) is 19.7. The molecule has 2 aromatic heterocycles. The van der Waals surface area contributed by atoms with Gasteiger partial charge in [-0.2, -0.15) is 10.1 Å². The number of carbonyl (C=O) groups excluding carboxylic acids is 1. The number of aliphatic hydroxyl groups is 1. The van der Waals surface area contributed by atoms with Crippen LogP contribution in [-0.2, 0) is 14.8 Å². The Bertz CT molecular complexity index is 1790. The highest BCUT2D eigenvalue weighted by molar-refractivity contribution is 7.93. The monoisotopic (exact) mass is 580 g/mol. The molecule has 2 aliphatic heterocycles. The molecule has 6 rings (SSSR count). The van der Waals surface area contributed by atoms with Gasteiger partial charge in [0.2, 0.25) is 5.88 Å². The smallest absolute Gasteiger partial charge is 0.289 e. The lowest BCUT2D eigenvalue weighted by Crippen LogP contribution is -2.44. The quantitative estimate of drug-likeness (QED) is 0.278. The minimum absolute atomic E-state index is 0.00543. The molecule has 212 valence electrons. The number of hydrogen-bond donors (Lipinski definition) is 1. The Morgan fingerprint density at radius 3 is 2.76 bits per heavy atom. The number of aromatic nitrogens is 3. The highest BCUT2D eigenvalue weighted by Crippen LogP contribution is 2.37. The van der Waals surface area contributed by atoms with Crippen molar-refractivity contribution in [2.24, 2.45) is 0 Å². The van der Waals surface area contributed by atoms with Crippen molar-refractivity contribution in [3.05, 3.63) is 71.0 Å². The van der Waals surface area contributed by atoms with Gasteiger partial charge in [0.1, 0.15) is 18.5 Å². The lowest BCUT2D eigenvalue weighted by atomic mass is 10.1. The number of methoxy groups -OCH3 is 1. The van der Waals surface area contributed by atoms with Crippen LogP contribution in [0.3, 0.4) is 0 Å². The van der Waals surface area contributed by atoms with Crippen LogP contribution < -0.4 is 13.8 Å². The number of ether oxygens (including phenoxy) is 2. The Balaban J connectivity index is 1.58. The average Bonchev–Trinajstić information content (AvgIpc) is 3.51. The molecule has 41 heavy (non-hydrogen) atoms. The Hall–Kier alpha value is -4.76. The van der Waals surface area contributed by atoms with Crippen molar-refractivity contribution in [1.82, 2.24) is 19.5 Å². The van der Waals surface area contributed by atoms with Gasteiger partial charge >= 0.3 is 0 Å². The van der Waals surface area contributed by atoms with Crippen LogP contribution in [0.4, 0.5) is 11.4 Å². The molecule has 1 N–H and O–H groups in total. The van der Waals surface area contributed by atoms with Gasteiger partial charge in [0.15, 0.2) is 10.5 Å². The summed E-state index contributed by atoms with van der Waals surface area (Å²) < 4.78 is 42.3. The molecule has 4 aromatic rings. The first kappa shape index (κ1) is 26.5. The van der Waals surface area contributed by atoms with Crippen molar-refractivity contribution in [2.45, 2.75) is 23.5 Å². The number of nitrogens with zero attached hydrogens (tertiary/aromatic N) is 6. The SMILES string of the molecule is COc1cc2cc(c1)N(S(=O)(=O)c1ccccc1[N+](=O)[O-])CCN1C(=O)[C@H](O)C[C@H]1COc1ccn3ncc-2c3n1. The summed E-state index contributed by atoms with van der Waals surface area (Å²) in [6, 6.07) is 10.9. The van der Waals surface area contributed by atoms with Gasteiger partial charge in [0, 0.05) is 42.9 Å². The predicted octanol–water partition coefficient (Wildman–Crippen LogP) is 1.86. The van der Waals surface area contributed by atoms with Crippen molar-refractivity contribution in [3.8, 4) is 22.8 Å². The van der Waals surface area contributed by atoms with Crippen LogP contribution in [0.2, 0.25) is 0 Å². The second-order valence-corrected chi connectivity index (χ2v) is 11.4. The van der Waals surface area contributed by atoms with Crippen LogP contribution in [0.5, 0.6) is 11.6 Å². The van der Waals surface area contributed by atoms with Gasteiger partial charge in [0.05, 0.1) is 36.5 Å². The third-order valence-corrected chi connectivity index (χ3v) is 9.05. The van der Waals surface area contributed by atoms with E-state index in [-0.39, 0.29) is 37.7 Å². The summed E-state index contributed by atoms with van der Waals surface area (Å²) in [5.41, 5.74) is 1.05. The Morgan fingerprint density at radius 2 is 1.98 bits per heavy atom. The lowest BCUT2D eigenvalue weighted by molar-refractivity contribution is -0.387. The van der Waals surface area contributed by atoms with E-state index in [0.29, 0.717) is 22.5 Å². The fourth-order valence-corrected chi connectivity index (χ4v) is 6.76. The summed E-state index contributed by atoms with van der Waals surface area (Å²) >= 11 is 0. The number of sulfonamides is 1. The first-order valence-electron chi connectivity index (χ1n) is 12.6. The summed E-state index contributed by atoms with van der Waals surface area (Å²) in [6.45, 7) is -0.393. The number of para-hydroxylation sites is 1. The summed E-state index contributed by atoms with van der Waals surface area (Å²) in [5.74, 6) is 0.0278. The number of amides is 1. The molecule has 15 heteroatoms. The van der Waals surface area contributed by atoms with E-state index in [2.05, 4.69) is 10.1 Å². The average molecular weight is 581 g/mol. The van der Waals surface area contributed by atoms with E-state index < -0.39 is 43.6 Å². The zero-order valence-corrected chi connectivity index (χ0v) is 22.5. The molecule has 2 aliphatic rings. The molecule has 1 fully saturated rings. The fraction of sp³-hybridized carbons (Fsp3) is 0.269. The predicted molar refractivity (Wildman–Crippen MR) is 144 cm³/mol. The topological polar surface area (TPSA) is 170 Å². The molecule has 0 aliphatic carbocycles. The molecule has 1 saturated heterocycles. The zero-order valence-electron chi connectivity index (χ0n) is 21.7. The number of aliphatic hydroxyl groups excluding tert-OH is 1. The molecule has 0 unspecified atom stereocenters. The number of benzene rings is 2. The van der Waals surface area contributed by atoms with Gasteiger partial charge in [-0.3, -0.25) is 19.2 Å². The number of anilines is 1. The van der Waals surface area contributed by atoms with E-state index in [4.69, 9.17) is 9.47 Å². The molecule has 4 bridgehead atoms. The minimum atomic E-state index is -4.55. The van der Waals surface area contributed by atoms with Gasteiger partial charge < -0.3 is 19.5 Å². The summed E-state index contributed by atoms with van der Waals surface area (Å²) in [4.78, 5) is 29.4. The molecular formula is C26H24N6O8S. The maximum absolute atomic E-state index is 14.2. The van der Waals surface area contributed by atoms with Crippen LogP contribution in [0.15, 0.2) is 65.8 Å². The Morgan fingerprint density at radius 1 is 1.17 bits per heavy atom. The fourth-order valence-electron chi connectivity index (χ4n) is 5.16. The van der Waals surface area contributed by atoms with Gasteiger partial charge in [-0.1, -0.05) is 12.1 Å². The van der Waals surface area contributed by atoms with Gasteiger partial charge in [-0.15, -0.1) is 0 Å². The van der Waals surface area contributed by atoms with Gasteiger partial charge in [-0.25, -0.2) is 12.9 Å². The number of carbonyl (C=O) groups is 1. The molecule has 2 aromatic carbocycles. The van der Waals surface area contributed by atoms with Crippen LogP contribution >= 0.6 is 0 Å². The van der Waals surface area contributed by atoms with E-state index in [1.165, 1.54) is 34.7 Å². The third kappa shape index (κ3) is 4.58. The second kappa shape index (κ2) is 10.0. The van der Waals surface area contributed by atoms with E-state index in [9.17, 15) is 28.4 Å². The molecule has 14 nitrogen and oxygen atoms in total. The summed E-state index contributed by atoms with van der Waals surface area (Å²) in [6.07, 6.45) is 2.04. The zero-order chi connectivity index (χ0) is 28.9. The van der Waals surface area contributed by atoms with E-state index in [0.717, 1.165) is 16.4 Å². The maximum Gasteiger partial charge on any atom is 0.289 e. The second-order valence-electron chi connectivity index (χ2n) is 9.56. The molecule has 2 atom stereocenters. The van der Waals surface area contributed by atoms with Gasteiger partial charge in [-0.05, 0) is 23.8 Å². The number of hydrogen-bond acceptors (Lipinski definition) is 10. The molecule has 1 amide bonds. The normalized spacial score (nSPS) is 19.1. The maximum atomic E-state index is 14.2.